The predicted molar refractivity (Wildman–Crippen MR) is 57.8 cm³/mol. The van der Waals surface area contributed by atoms with Gasteiger partial charge < -0.3 is 4.98 Å². The highest BCUT2D eigenvalue weighted by atomic mass is 32.2. The third-order valence-electron chi connectivity index (χ3n) is 1.66. The maximum atomic E-state index is 11.7. The molecule has 0 aliphatic rings. The number of aromatic amines is 1. The van der Waals surface area contributed by atoms with Gasteiger partial charge in [-0.15, -0.1) is 10.2 Å². The molecule has 2 rings (SSSR count). The first-order valence-corrected chi connectivity index (χ1v) is 6.42. The average Bonchev–Trinajstić information content (AvgIpc) is 2.70. The molecule has 2 heterocycles. The summed E-state index contributed by atoms with van der Waals surface area (Å²) in [6, 6.07) is 1.13. The molecule has 2 aromatic heterocycles. The van der Waals surface area contributed by atoms with Gasteiger partial charge in [0.15, 0.2) is 4.90 Å². The van der Waals surface area contributed by atoms with Gasteiger partial charge in [-0.05, 0) is 0 Å². The van der Waals surface area contributed by atoms with Crippen LogP contribution in [0.15, 0.2) is 33.7 Å². The third-order valence-corrected chi connectivity index (χ3v) is 3.76. The largest absolute Gasteiger partial charge is 0.366 e. The summed E-state index contributed by atoms with van der Waals surface area (Å²) < 4.78 is 25.6. The molecule has 9 heteroatoms. The van der Waals surface area contributed by atoms with Crippen LogP contribution in [0.2, 0.25) is 0 Å². The highest BCUT2D eigenvalue weighted by molar-refractivity contribution is 7.92. The van der Waals surface area contributed by atoms with Crippen molar-refractivity contribution in [3.63, 3.8) is 0 Å². The van der Waals surface area contributed by atoms with E-state index in [9.17, 15) is 13.2 Å². The number of hydrogen-bond donors (Lipinski definition) is 2. The molecule has 0 saturated carbocycles. The number of H-pyrrole nitrogens is 1. The van der Waals surface area contributed by atoms with Gasteiger partial charge in [-0.25, -0.2) is 8.42 Å². The summed E-state index contributed by atoms with van der Waals surface area (Å²) >= 11 is 1.03. The lowest BCUT2D eigenvalue weighted by atomic mass is 10.5. The molecule has 0 amide bonds. The second-order valence-electron chi connectivity index (χ2n) is 2.72. The van der Waals surface area contributed by atoms with Crippen molar-refractivity contribution in [2.45, 2.75) is 4.90 Å². The van der Waals surface area contributed by atoms with Gasteiger partial charge in [-0.1, -0.05) is 11.3 Å². The van der Waals surface area contributed by atoms with Crippen LogP contribution in [0, 0.1) is 0 Å². The molecule has 7 nitrogen and oxygen atoms in total. The third kappa shape index (κ3) is 2.09. The van der Waals surface area contributed by atoms with Gasteiger partial charge in [-0.2, -0.15) is 0 Å². The Bertz CT molecular complexity index is 632. The molecule has 2 aromatic rings. The molecule has 0 spiro atoms. The summed E-state index contributed by atoms with van der Waals surface area (Å²) in [5.74, 6) is 0. The molecule has 0 unspecified atom stereocenters. The maximum absolute atomic E-state index is 11.7. The van der Waals surface area contributed by atoms with Crippen LogP contribution >= 0.6 is 11.3 Å². The Balaban J connectivity index is 2.41. The molecular weight excluding hydrogens is 252 g/mol. The molecule has 84 valence electrons. The zero-order valence-corrected chi connectivity index (χ0v) is 9.38. The number of nitrogens with one attached hydrogen (secondary N) is 2. The molecular formula is C7H6N4O3S2. The smallest absolute Gasteiger partial charge is 0.269 e. The fourth-order valence-corrected chi connectivity index (χ4v) is 2.75. The zero-order valence-electron chi connectivity index (χ0n) is 7.75. The normalized spacial score (nSPS) is 11.2. The number of pyridine rings is 1. The van der Waals surface area contributed by atoms with Gasteiger partial charge in [-0.3, -0.25) is 9.52 Å². The number of anilines is 1. The SMILES string of the molecule is O=c1cc[nH]cc1S(=O)(=O)Nc1nncs1. The summed E-state index contributed by atoms with van der Waals surface area (Å²) in [6.07, 6.45) is 2.47. The first-order valence-electron chi connectivity index (χ1n) is 4.06. The maximum Gasteiger partial charge on any atom is 0.269 e. The predicted octanol–water partition coefficient (Wildman–Crippen LogP) is 0.0272. The van der Waals surface area contributed by atoms with Crippen LogP contribution in [0.4, 0.5) is 5.13 Å². The minimum Gasteiger partial charge on any atom is -0.366 e. The van der Waals surface area contributed by atoms with E-state index in [-0.39, 0.29) is 10.0 Å². The van der Waals surface area contributed by atoms with Crippen molar-refractivity contribution in [3.05, 3.63) is 34.2 Å². The van der Waals surface area contributed by atoms with E-state index < -0.39 is 15.5 Å². The van der Waals surface area contributed by atoms with Gasteiger partial charge in [0, 0.05) is 18.5 Å². The molecule has 0 bridgehead atoms. The Morgan fingerprint density at radius 1 is 1.44 bits per heavy atom. The van der Waals surface area contributed by atoms with E-state index in [1.807, 2.05) is 0 Å². The van der Waals surface area contributed by atoms with Crippen LogP contribution in [0.3, 0.4) is 0 Å². The number of nitrogens with zero attached hydrogens (tertiary/aromatic N) is 2. The van der Waals surface area contributed by atoms with Crippen molar-refractivity contribution in [2.75, 3.05) is 4.72 Å². The van der Waals surface area contributed by atoms with Crippen molar-refractivity contribution in [3.8, 4) is 0 Å². The Hall–Kier alpha value is -1.74. The highest BCUT2D eigenvalue weighted by Crippen LogP contribution is 2.13. The first-order chi connectivity index (χ1) is 7.59. The zero-order chi connectivity index (χ0) is 11.6. The summed E-state index contributed by atoms with van der Waals surface area (Å²) in [7, 11) is -3.90. The lowest BCUT2D eigenvalue weighted by Crippen LogP contribution is -2.20. The van der Waals surface area contributed by atoms with Crippen LogP contribution in [0.25, 0.3) is 0 Å². The molecule has 0 aromatic carbocycles. The van der Waals surface area contributed by atoms with Gasteiger partial charge in [0.2, 0.25) is 10.6 Å². The van der Waals surface area contributed by atoms with Gasteiger partial charge in [0.25, 0.3) is 10.0 Å². The molecule has 0 aliphatic carbocycles. The van der Waals surface area contributed by atoms with Crippen molar-refractivity contribution in [2.24, 2.45) is 0 Å². The van der Waals surface area contributed by atoms with Crippen LogP contribution in [-0.4, -0.2) is 23.6 Å². The first kappa shape index (κ1) is 10.8. The summed E-state index contributed by atoms with van der Waals surface area (Å²) in [5, 5.41) is 7.11. The topological polar surface area (TPSA) is 105 Å². The van der Waals surface area contributed by atoms with E-state index in [2.05, 4.69) is 19.9 Å². The van der Waals surface area contributed by atoms with Crippen molar-refractivity contribution < 1.29 is 8.42 Å². The Morgan fingerprint density at radius 2 is 2.25 bits per heavy atom. The Kier molecular flexibility index (Phi) is 2.71. The number of sulfonamides is 1. The average molecular weight is 258 g/mol. The number of aromatic nitrogens is 3. The fourth-order valence-electron chi connectivity index (χ4n) is 0.998. The molecule has 0 atom stereocenters. The lowest BCUT2D eigenvalue weighted by molar-refractivity contribution is 0.600. The van der Waals surface area contributed by atoms with E-state index >= 15 is 0 Å². The van der Waals surface area contributed by atoms with Crippen LogP contribution < -0.4 is 10.2 Å². The fraction of sp³-hybridized carbons (Fsp3) is 0. The lowest BCUT2D eigenvalue weighted by Gasteiger charge is -2.02. The second kappa shape index (κ2) is 4.02. The summed E-state index contributed by atoms with van der Waals surface area (Å²) in [6.45, 7) is 0. The molecule has 0 aliphatic heterocycles. The van der Waals surface area contributed by atoms with Gasteiger partial charge in [0.05, 0.1) is 0 Å². The van der Waals surface area contributed by atoms with Crippen LogP contribution in [-0.2, 0) is 10.0 Å². The summed E-state index contributed by atoms with van der Waals surface area (Å²) in [5.41, 5.74) is 0.795. The van der Waals surface area contributed by atoms with E-state index in [1.54, 1.807) is 0 Å². The molecule has 2 N–H and O–H groups in total. The van der Waals surface area contributed by atoms with Gasteiger partial charge >= 0.3 is 0 Å². The van der Waals surface area contributed by atoms with E-state index in [1.165, 1.54) is 11.7 Å². The molecule has 0 fully saturated rings. The Morgan fingerprint density at radius 3 is 2.88 bits per heavy atom. The van der Waals surface area contributed by atoms with Crippen molar-refractivity contribution in [1.29, 1.82) is 0 Å². The van der Waals surface area contributed by atoms with E-state index in [4.69, 9.17) is 0 Å². The van der Waals surface area contributed by atoms with Crippen molar-refractivity contribution >= 4 is 26.5 Å². The standard InChI is InChI=1S/C7H6N4O3S2/c12-5-1-2-8-3-6(5)16(13,14)11-7-10-9-4-15-7/h1-4H,(H,8,12)(H,10,11). The molecule has 0 saturated heterocycles. The highest BCUT2D eigenvalue weighted by Gasteiger charge is 2.18. The number of hydrogen-bond acceptors (Lipinski definition) is 6. The van der Waals surface area contributed by atoms with Crippen LogP contribution in [0.1, 0.15) is 0 Å². The Labute approximate surface area is 94.2 Å². The van der Waals surface area contributed by atoms with E-state index in [0.29, 0.717) is 0 Å². The molecule has 0 radical (unpaired) electrons. The van der Waals surface area contributed by atoms with Crippen LogP contribution in [0.5, 0.6) is 0 Å². The van der Waals surface area contributed by atoms with E-state index in [0.717, 1.165) is 23.6 Å². The number of rotatable bonds is 3. The molecule has 16 heavy (non-hydrogen) atoms. The minimum atomic E-state index is -3.90. The van der Waals surface area contributed by atoms with Gasteiger partial charge in [0.1, 0.15) is 5.51 Å². The quantitative estimate of drug-likeness (QED) is 0.808. The second-order valence-corrected chi connectivity index (χ2v) is 5.21. The van der Waals surface area contributed by atoms with Crippen molar-refractivity contribution in [1.82, 2.24) is 15.2 Å². The minimum absolute atomic E-state index is 0.114. The summed E-state index contributed by atoms with van der Waals surface area (Å²) in [4.78, 5) is 13.5. The monoisotopic (exact) mass is 258 g/mol.